The lowest BCUT2D eigenvalue weighted by atomic mass is 9.82. The summed E-state index contributed by atoms with van der Waals surface area (Å²) in [7, 11) is 0. The Kier molecular flexibility index (Phi) is 7.06. The van der Waals surface area contributed by atoms with Gasteiger partial charge in [-0.2, -0.15) is 0 Å². The van der Waals surface area contributed by atoms with Gasteiger partial charge in [0.2, 0.25) is 11.8 Å². The number of anilines is 1. The largest absolute Gasteiger partial charge is 0.483 e. The number of benzene rings is 3. The molecule has 3 atom stereocenters. The van der Waals surface area contributed by atoms with E-state index in [0.29, 0.717) is 26.2 Å². The van der Waals surface area contributed by atoms with Crippen molar-refractivity contribution in [2.75, 3.05) is 18.5 Å². The summed E-state index contributed by atoms with van der Waals surface area (Å²) in [5.41, 5.74) is 1.02. The number of carboxylic acids is 1. The number of imide groups is 1. The van der Waals surface area contributed by atoms with E-state index in [1.54, 1.807) is 24.3 Å². The average molecular weight is 610 g/mol. The summed E-state index contributed by atoms with van der Waals surface area (Å²) in [4.78, 5) is 66.9. The molecule has 2 aliphatic rings. The molecule has 0 spiro atoms. The second-order valence-electron chi connectivity index (χ2n) is 9.45. The van der Waals surface area contributed by atoms with Crippen LogP contribution in [-0.4, -0.2) is 57.1 Å². The number of H-pyrrole nitrogens is 1. The van der Waals surface area contributed by atoms with Crippen LogP contribution < -0.4 is 14.9 Å². The Bertz CT molecular complexity index is 1800. The number of hydrogen-bond donors (Lipinski definition) is 3. The summed E-state index contributed by atoms with van der Waals surface area (Å²) in [5, 5.41) is 13.8. The summed E-state index contributed by atoms with van der Waals surface area (Å²) >= 11 is 8.28. The number of nitrogens with zero attached hydrogens (tertiary/aromatic N) is 1. The third kappa shape index (κ3) is 4.98. The molecule has 1 saturated heterocycles. The van der Waals surface area contributed by atoms with Gasteiger partial charge in [-0.25, -0.2) is 0 Å². The molecule has 13 heteroatoms. The number of likely N-dealkylation sites (tertiary alicyclic amines) is 1. The smallest absolute Gasteiger partial charge is 0.323 e. The second-order valence-corrected chi connectivity index (χ2v) is 12.1. The van der Waals surface area contributed by atoms with Crippen molar-refractivity contribution in [1.82, 2.24) is 9.88 Å². The van der Waals surface area contributed by atoms with Crippen LogP contribution in [0.15, 0.2) is 70.5 Å². The first-order chi connectivity index (χ1) is 19.7. The lowest BCUT2D eigenvalue weighted by molar-refractivity contribution is -0.149. The molecule has 3 N–H and O–H groups in total. The Hall–Kier alpha value is -4.13. The van der Waals surface area contributed by atoms with Crippen molar-refractivity contribution in [1.29, 1.82) is 0 Å². The van der Waals surface area contributed by atoms with Gasteiger partial charge in [0, 0.05) is 32.5 Å². The SMILES string of the molecule is O=C(O)CN1C(=O)C2Sc3[nH]c(=O)sc3[C@H](c3cc(Cl)ccc3OCC(=O)Nc3cccc4ccccc34)C2C1=O. The Morgan fingerprint density at radius 1 is 1.05 bits per heavy atom. The number of aromatic amines is 1. The van der Waals surface area contributed by atoms with Crippen molar-refractivity contribution in [2.45, 2.75) is 16.2 Å². The molecule has 1 fully saturated rings. The number of thioether (sulfide) groups is 1. The first-order valence-corrected chi connectivity index (χ1v) is 14.4. The minimum Gasteiger partial charge on any atom is -0.483 e. The molecule has 3 aromatic carbocycles. The molecule has 208 valence electrons. The number of halogens is 1. The lowest BCUT2D eigenvalue weighted by Gasteiger charge is -2.31. The number of hydrogen-bond acceptors (Lipinski definition) is 8. The van der Waals surface area contributed by atoms with Crippen LogP contribution in [0.1, 0.15) is 16.4 Å². The molecule has 0 bridgehead atoms. The third-order valence-electron chi connectivity index (χ3n) is 6.94. The van der Waals surface area contributed by atoms with Crippen LogP contribution in [0.2, 0.25) is 5.02 Å². The maximum Gasteiger partial charge on any atom is 0.323 e. The van der Waals surface area contributed by atoms with E-state index in [4.69, 9.17) is 16.3 Å². The molecule has 2 aliphatic heterocycles. The number of thiazole rings is 1. The molecule has 4 aromatic rings. The highest BCUT2D eigenvalue weighted by Crippen LogP contribution is 2.54. The Balaban J connectivity index is 1.33. The monoisotopic (exact) mass is 609 g/mol. The van der Waals surface area contributed by atoms with Crippen LogP contribution in [0.25, 0.3) is 10.8 Å². The first kappa shape index (κ1) is 27.1. The van der Waals surface area contributed by atoms with Crippen LogP contribution in [0.3, 0.4) is 0 Å². The van der Waals surface area contributed by atoms with Gasteiger partial charge in [-0.05, 0) is 29.7 Å². The number of carbonyl (C=O) groups excluding carboxylic acids is 3. The fourth-order valence-electron chi connectivity index (χ4n) is 5.26. The molecule has 10 nitrogen and oxygen atoms in total. The highest BCUT2D eigenvalue weighted by molar-refractivity contribution is 8.00. The molecule has 3 amide bonds. The van der Waals surface area contributed by atoms with Crippen LogP contribution in [0.5, 0.6) is 5.75 Å². The van der Waals surface area contributed by atoms with Gasteiger partial charge in [0.15, 0.2) is 6.61 Å². The normalized spacial score (nSPS) is 19.6. The van der Waals surface area contributed by atoms with Crippen molar-refractivity contribution in [2.24, 2.45) is 5.92 Å². The van der Waals surface area contributed by atoms with E-state index in [0.717, 1.165) is 38.8 Å². The number of ether oxygens (including phenoxy) is 1. The van der Waals surface area contributed by atoms with Crippen LogP contribution in [0.4, 0.5) is 5.69 Å². The summed E-state index contributed by atoms with van der Waals surface area (Å²) in [5.74, 6) is -4.66. The van der Waals surface area contributed by atoms with Crippen molar-refractivity contribution < 1.29 is 29.0 Å². The highest BCUT2D eigenvalue weighted by Gasteiger charge is 2.56. The zero-order chi connectivity index (χ0) is 28.8. The number of nitrogens with one attached hydrogen (secondary N) is 2. The fraction of sp³-hybridized carbons (Fsp3) is 0.179. The maximum absolute atomic E-state index is 13.5. The van der Waals surface area contributed by atoms with Gasteiger partial charge < -0.3 is 20.1 Å². The number of amides is 3. The van der Waals surface area contributed by atoms with E-state index in [1.807, 2.05) is 36.4 Å². The number of carbonyl (C=O) groups is 4. The van der Waals surface area contributed by atoms with Crippen LogP contribution in [0, 0.1) is 5.92 Å². The van der Waals surface area contributed by atoms with E-state index >= 15 is 0 Å². The van der Waals surface area contributed by atoms with E-state index < -0.39 is 47.3 Å². The zero-order valence-electron chi connectivity index (χ0n) is 21.0. The number of carboxylic acid groups (broad SMARTS) is 1. The second kappa shape index (κ2) is 10.7. The molecule has 0 radical (unpaired) electrons. The van der Waals surface area contributed by atoms with E-state index in [-0.39, 0.29) is 17.2 Å². The molecule has 6 rings (SSSR count). The van der Waals surface area contributed by atoms with E-state index in [2.05, 4.69) is 10.3 Å². The van der Waals surface area contributed by atoms with Gasteiger partial charge in [0.1, 0.15) is 17.5 Å². The number of aromatic nitrogens is 1. The Morgan fingerprint density at radius 3 is 2.63 bits per heavy atom. The van der Waals surface area contributed by atoms with Gasteiger partial charge >= 0.3 is 10.8 Å². The molecular weight excluding hydrogens is 590 g/mol. The Labute approximate surface area is 245 Å². The summed E-state index contributed by atoms with van der Waals surface area (Å²) < 4.78 is 5.95. The van der Waals surface area contributed by atoms with Gasteiger partial charge in [-0.3, -0.25) is 28.9 Å². The predicted octanol–water partition coefficient (Wildman–Crippen LogP) is 3.94. The molecule has 0 saturated carbocycles. The van der Waals surface area contributed by atoms with Crippen molar-refractivity contribution in [3.63, 3.8) is 0 Å². The van der Waals surface area contributed by atoms with Crippen LogP contribution >= 0.6 is 34.7 Å². The van der Waals surface area contributed by atoms with Crippen molar-refractivity contribution >= 4 is 74.9 Å². The number of fused-ring (bicyclic) bond motifs is 3. The quantitative estimate of drug-likeness (QED) is 0.267. The first-order valence-electron chi connectivity index (χ1n) is 12.4. The van der Waals surface area contributed by atoms with E-state index in [9.17, 15) is 29.1 Å². The van der Waals surface area contributed by atoms with Crippen molar-refractivity contribution in [3.05, 3.63) is 85.8 Å². The minimum atomic E-state index is -1.32. The molecule has 3 heterocycles. The van der Waals surface area contributed by atoms with Gasteiger partial charge in [0.05, 0.1) is 10.9 Å². The molecule has 2 unspecified atom stereocenters. The molecule has 0 aliphatic carbocycles. The highest BCUT2D eigenvalue weighted by atomic mass is 35.5. The van der Waals surface area contributed by atoms with Gasteiger partial charge in [-0.1, -0.05) is 71.1 Å². The molecule has 1 aromatic heterocycles. The summed E-state index contributed by atoms with van der Waals surface area (Å²) in [6.45, 7) is -1.14. The fourth-order valence-corrected chi connectivity index (χ4v) is 7.97. The zero-order valence-corrected chi connectivity index (χ0v) is 23.3. The Morgan fingerprint density at radius 2 is 1.83 bits per heavy atom. The molecular formula is C28H20ClN3O7S2. The maximum atomic E-state index is 13.5. The minimum absolute atomic E-state index is 0.238. The predicted molar refractivity (Wildman–Crippen MR) is 154 cm³/mol. The average Bonchev–Trinajstić information content (AvgIpc) is 3.43. The van der Waals surface area contributed by atoms with Gasteiger partial charge in [0.25, 0.3) is 5.91 Å². The summed E-state index contributed by atoms with van der Waals surface area (Å²) in [6.07, 6.45) is 0. The standard InChI is InChI=1S/C28H20ClN3O7S2/c29-14-8-9-18(39-12-19(33)30-17-7-3-5-13-4-1-2-6-15(13)17)16(10-14)21-22-24(40-25-23(21)41-28(38)31-25)27(37)32(26(22)36)11-20(34)35/h1-10,21-22,24H,11-12H2,(H,30,33)(H,31,38)(H,34,35)/t21-,22?,24?/m1/s1. The number of rotatable bonds is 7. The topological polar surface area (TPSA) is 146 Å². The van der Waals surface area contributed by atoms with Crippen molar-refractivity contribution in [3.8, 4) is 5.75 Å². The molecule has 41 heavy (non-hydrogen) atoms. The third-order valence-corrected chi connectivity index (χ3v) is 9.57. The summed E-state index contributed by atoms with van der Waals surface area (Å²) in [6, 6.07) is 17.9. The number of aliphatic carboxylic acids is 1. The van der Waals surface area contributed by atoms with Gasteiger partial charge in [-0.15, -0.1) is 0 Å². The van der Waals surface area contributed by atoms with E-state index in [1.165, 1.54) is 0 Å². The lowest BCUT2D eigenvalue weighted by Crippen LogP contribution is -2.36. The van der Waals surface area contributed by atoms with Crippen LogP contribution in [-0.2, 0) is 19.2 Å².